The number of likely N-dealkylation sites (tertiary alicyclic amines) is 1. The van der Waals surface area contributed by atoms with Crippen molar-refractivity contribution in [1.29, 1.82) is 0 Å². The Morgan fingerprint density at radius 2 is 2.35 bits per heavy atom. The first-order valence-corrected chi connectivity index (χ1v) is 7.09. The van der Waals surface area contributed by atoms with Crippen LogP contribution >= 0.6 is 15.9 Å². The van der Waals surface area contributed by atoms with E-state index in [0.717, 1.165) is 35.2 Å². The monoisotopic (exact) mass is 300 g/mol. The lowest BCUT2D eigenvalue weighted by molar-refractivity contribution is 0.205. The second-order valence-corrected chi connectivity index (χ2v) is 6.03. The highest BCUT2D eigenvalue weighted by Crippen LogP contribution is 2.33. The van der Waals surface area contributed by atoms with Crippen molar-refractivity contribution in [2.24, 2.45) is 17.6 Å². The molecule has 4 heteroatoms. The van der Waals surface area contributed by atoms with Crippen LogP contribution in [0.5, 0.6) is 0 Å². The van der Waals surface area contributed by atoms with Gasteiger partial charge >= 0.3 is 0 Å². The van der Waals surface area contributed by atoms with Gasteiger partial charge in [-0.25, -0.2) is 0 Å². The van der Waals surface area contributed by atoms with E-state index in [4.69, 9.17) is 10.2 Å². The quantitative estimate of drug-likeness (QED) is 0.929. The molecular formula is C13H21BrN2O. The highest BCUT2D eigenvalue weighted by molar-refractivity contribution is 9.10. The van der Waals surface area contributed by atoms with Gasteiger partial charge in [0, 0.05) is 13.1 Å². The van der Waals surface area contributed by atoms with Crippen LogP contribution in [0.2, 0.25) is 0 Å². The molecule has 2 rings (SSSR count). The molecule has 0 aliphatic carbocycles. The summed E-state index contributed by atoms with van der Waals surface area (Å²) in [5.74, 6) is 2.51. The van der Waals surface area contributed by atoms with E-state index in [1.165, 1.54) is 6.42 Å². The maximum Gasteiger partial charge on any atom is 0.136 e. The smallest absolute Gasteiger partial charge is 0.136 e. The SMILES string of the molecule is CC(C)C1CCN(C(CN)c2occc2Br)C1. The lowest BCUT2D eigenvalue weighted by atomic mass is 9.95. The number of hydrogen-bond donors (Lipinski definition) is 1. The minimum absolute atomic E-state index is 0.211. The topological polar surface area (TPSA) is 42.4 Å². The van der Waals surface area contributed by atoms with Gasteiger partial charge in [0.15, 0.2) is 0 Å². The van der Waals surface area contributed by atoms with Crippen LogP contribution in [-0.4, -0.2) is 24.5 Å². The number of rotatable bonds is 4. The van der Waals surface area contributed by atoms with Crippen molar-refractivity contribution in [3.63, 3.8) is 0 Å². The third-order valence-corrected chi connectivity index (χ3v) is 4.47. The van der Waals surface area contributed by atoms with Gasteiger partial charge in [0.25, 0.3) is 0 Å². The first kappa shape index (κ1) is 13.1. The van der Waals surface area contributed by atoms with Gasteiger partial charge in [0.05, 0.1) is 16.8 Å². The van der Waals surface area contributed by atoms with E-state index in [9.17, 15) is 0 Å². The molecule has 0 bridgehead atoms. The van der Waals surface area contributed by atoms with E-state index >= 15 is 0 Å². The first-order valence-electron chi connectivity index (χ1n) is 6.30. The molecule has 2 heterocycles. The summed E-state index contributed by atoms with van der Waals surface area (Å²) >= 11 is 3.52. The van der Waals surface area contributed by atoms with Crippen molar-refractivity contribution in [1.82, 2.24) is 4.90 Å². The number of furan rings is 1. The molecule has 1 saturated heterocycles. The minimum Gasteiger partial charge on any atom is -0.466 e. The van der Waals surface area contributed by atoms with Crippen molar-refractivity contribution >= 4 is 15.9 Å². The largest absolute Gasteiger partial charge is 0.466 e. The summed E-state index contributed by atoms with van der Waals surface area (Å²) in [6.45, 7) is 7.46. The van der Waals surface area contributed by atoms with E-state index in [1.807, 2.05) is 6.07 Å². The standard InChI is InChI=1S/C13H21BrN2O/c1-9(2)10-3-5-16(8-10)12(7-15)13-11(14)4-6-17-13/h4,6,9-10,12H,3,5,7-8,15H2,1-2H3. The van der Waals surface area contributed by atoms with Gasteiger partial charge in [-0.05, 0) is 46.8 Å². The number of nitrogens with zero attached hydrogens (tertiary/aromatic N) is 1. The van der Waals surface area contributed by atoms with Crippen molar-refractivity contribution in [2.75, 3.05) is 19.6 Å². The maximum absolute atomic E-state index is 5.91. The molecule has 96 valence electrons. The van der Waals surface area contributed by atoms with Crippen LogP contribution in [0.25, 0.3) is 0 Å². The second kappa shape index (κ2) is 5.55. The number of hydrogen-bond acceptors (Lipinski definition) is 3. The van der Waals surface area contributed by atoms with Crippen molar-refractivity contribution in [3.05, 3.63) is 22.6 Å². The molecule has 0 amide bonds. The maximum atomic E-state index is 5.91. The predicted molar refractivity (Wildman–Crippen MR) is 72.7 cm³/mol. The fourth-order valence-electron chi connectivity index (χ4n) is 2.61. The Morgan fingerprint density at radius 3 is 2.82 bits per heavy atom. The van der Waals surface area contributed by atoms with Gasteiger partial charge < -0.3 is 10.2 Å². The Bertz CT molecular complexity index is 364. The zero-order chi connectivity index (χ0) is 12.4. The molecule has 1 aliphatic heterocycles. The summed E-state index contributed by atoms with van der Waals surface area (Å²) in [5, 5.41) is 0. The third kappa shape index (κ3) is 2.75. The van der Waals surface area contributed by atoms with E-state index in [2.05, 4.69) is 34.7 Å². The summed E-state index contributed by atoms with van der Waals surface area (Å²) in [5.41, 5.74) is 5.91. The molecule has 0 saturated carbocycles. The van der Waals surface area contributed by atoms with Crippen LogP contribution < -0.4 is 5.73 Å². The minimum atomic E-state index is 0.211. The zero-order valence-electron chi connectivity index (χ0n) is 10.5. The molecule has 1 aromatic heterocycles. The Balaban J connectivity index is 2.08. The van der Waals surface area contributed by atoms with E-state index in [1.54, 1.807) is 6.26 Å². The predicted octanol–water partition coefficient (Wildman–Crippen LogP) is 3.02. The summed E-state index contributed by atoms with van der Waals surface area (Å²) in [6, 6.07) is 2.15. The van der Waals surface area contributed by atoms with Crippen LogP contribution in [-0.2, 0) is 0 Å². The van der Waals surface area contributed by atoms with E-state index < -0.39 is 0 Å². The molecule has 2 N–H and O–H groups in total. The Morgan fingerprint density at radius 1 is 1.59 bits per heavy atom. The fourth-order valence-corrected chi connectivity index (χ4v) is 3.07. The van der Waals surface area contributed by atoms with Gasteiger partial charge in [-0.3, -0.25) is 4.90 Å². The van der Waals surface area contributed by atoms with Crippen LogP contribution in [0, 0.1) is 11.8 Å². The molecule has 17 heavy (non-hydrogen) atoms. The van der Waals surface area contributed by atoms with Crippen LogP contribution in [0.4, 0.5) is 0 Å². The Labute approximate surface area is 111 Å². The third-order valence-electron chi connectivity index (χ3n) is 3.81. The van der Waals surface area contributed by atoms with Crippen LogP contribution in [0.3, 0.4) is 0 Å². The Hall–Kier alpha value is -0.320. The second-order valence-electron chi connectivity index (χ2n) is 5.17. The average molecular weight is 301 g/mol. The molecule has 2 unspecified atom stereocenters. The van der Waals surface area contributed by atoms with Crippen LogP contribution in [0.1, 0.15) is 32.1 Å². The Kier molecular flexibility index (Phi) is 4.28. The van der Waals surface area contributed by atoms with Crippen molar-refractivity contribution < 1.29 is 4.42 Å². The van der Waals surface area contributed by atoms with Crippen molar-refractivity contribution in [3.8, 4) is 0 Å². The summed E-state index contributed by atoms with van der Waals surface area (Å²) in [4.78, 5) is 2.45. The fraction of sp³-hybridized carbons (Fsp3) is 0.692. The summed E-state index contributed by atoms with van der Waals surface area (Å²) in [6.07, 6.45) is 2.99. The molecule has 3 nitrogen and oxygen atoms in total. The molecule has 0 aromatic carbocycles. The molecule has 1 fully saturated rings. The van der Waals surface area contributed by atoms with Crippen molar-refractivity contribution in [2.45, 2.75) is 26.3 Å². The molecule has 0 radical (unpaired) electrons. The van der Waals surface area contributed by atoms with Crippen LogP contribution in [0.15, 0.2) is 21.2 Å². The van der Waals surface area contributed by atoms with Gasteiger partial charge in [-0.1, -0.05) is 13.8 Å². The average Bonchev–Trinajstić information content (AvgIpc) is 2.90. The van der Waals surface area contributed by atoms with Gasteiger partial charge in [-0.2, -0.15) is 0 Å². The highest BCUT2D eigenvalue weighted by atomic mass is 79.9. The highest BCUT2D eigenvalue weighted by Gasteiger charge is 2.32. The van der Waals surface area contributed by atoms with Gasteiger partial charge in [0.2, 0.25) is 0 Å². The lowest BCUT2D eigenvalue weighted by Crippen LogP contribution is -2.32. The summed E-state index contributed by atoms with van der Waals surface area (Å²) in [7, 11) is 0. The normalized spacial score (nSPS) is 23.5. The molecule has 1 aromatic rings. The zero-order valence-corrected chi connectivity index (χ0v) is 12.1. The molecule has 2 atom stereocenters. The molecule has 1 aliphatic rings. The summed E-state index contributed by atoms with van der Waals surface area (Å²) < 4.78 is 6.59. The van der Waals surface area contributed by atoms with E-state index in [-0.39, 0.29) is 6.04 Å². The first-order chi connectivity index (χ1) is 8.13. The van der Waals surface area contributed by atoms with Gasteiger partial charge in [-0.15, -0.1) is 0 Å². The number of halogens is 1. The molecule has 0 spiro atoms. The molecular weight excluding hydrogens is 280 g/mol. The lowest BCUT2D eigenvalue weighted by Gasteiger charge is -2.26. The number of nitrogens with two attached hydrogens (primary N) is 1. The van der Waals surface area contributed by atoms with Gasteiger partial charge in [0.1, 0.15) is 5.76 Å². The van der Waals surface area contributed by atoms with E-state index in [0.29, 0.717) is 6.54 Å².